The van der Waals surface area contributed by atoms with Gasteiger partial charge in [-0.2, -0.15) is 0 Å². The molecule has 0 spiro atoms. The number of hydrogen-bond donors (Lipinski definition) is 3. The van der Waals surface area contributed by atoms with Crippen LogP contribution in [0.4, 0.5) is 11.5 Å². The van der Waals surface area contributed by atoms with Crippen LogP contribution in [0.15, 0.2) is 18.3 Å². The molecule has 102 valence electrons. The Hall–Kier alpha value is -2.71. The molecule has 0 fully saturated rings. The highest BCUT2D eigenvalue weighted by Gasteiger charge is 2.23. The van der Waals surface area contributed by atoms with Crippen LogP contribution in [0.1, 0.15) is 12.8 Å². The Morgan fingerprint density at radius 2 is 2.16 bits per heavy atom. The third kappa shape index (κ3) is 4.22. The molecule has 0 aromatic carbocycles. The number of rotatable bonds is 7. The van der Waals surface area contributed by atoms with E-state index < -0.39 is 22.9 Å². The largest absolute Gasteiger partial charge is 0.481 e. The zero-order valence-corrected chi connectivity index (χ0v) is 9.65. The van der Waals surface area contributed by atoms with E-state index >= 15 is 0 Å². The van der Waals surface area contributed by atoms with Crippen LogP contribution in [-0.4, -0.2) is 38.1 Å². The number of anilines is 1. The topological polar surface area (TPSA) is 143 Å². The third-order valence-corrected chi connectivity index (χ3v) is 2.24. The first-order valence-corrected chi connectivity index (χ1v) is 5.22. The Balaban J connectivity index is 2.87. The minimum absolute atomic E-state index is 0.203. The lowest BCUT2D eigenvalue weighted by atomic mass is 10.1. The second kappa shape index (κ2) is 6.28. The van der Waals surface area contributed by atoms with E-state index in [2.05, 4.69) is 10.3 Å². The predicted molar refractivity (Wildman–Crippen MR) is 62.8 cm³/mol. The lowest BCUT2D eigenvalue weighted by molar-refractivity contribution is -0.384. The lowest BCUT2D eigenvalue weighted by Gasteiger charge is -2.13. The SMILES string of the molecule is O=C(O)CCC(Nc1ncccc1[N+](=O)[O-])C(=O)O. The maximum Gasteiger partial charge on any atom is 0.326 e. The van der Waals surface area contributed by atoms with E-state index in [1.807, 2.05) is 0 Å². The van der Waals surface area contributed by atoms with Crippen LogP contribution >= 0.6 is 0 Å². The number of carbonyl (C=O) groups is 2. The van der Waals surface area contributed by atoms with Crippen LogP contribution in [0.3, 0.4) is 0 Å². The first kappa shape index (κ1) is 14.4. The van der Waals surface area contributed by atoms with Gasteiger partial charge in [-0.3, -0.25) is 14.9 Å². The molecule has 0 saturated carbocycles. The van der Waals surface area contributed by atoms with Gasteiger partial charge in [-0.25, -0.2) is 9.78 Å². The molecule has 1 heterocycles. The van der Waals surface area contributed by atoms with Gasteiger partial charge in [-0.15, -0.1) is 0 Å². The monoisotopic (exact) mass is 269 g/mol. The second-order valence-corrected chi connectivity index (χ2v) is 3.60. The molecule has 19 heavy (non-hydrogen) atoms. The summed E-state index contributed by atoms with van der Waals surface area (Å²) in [5, 5.41) is 30.5. The van der Waals surface area contributed by atoms with E-state index in [1.165, 1.54) is 18.3 Å². The third-order valence-electron chi connectivity index (χ3n) is 2.24. The van der Waals surface area contributed by atoms with Gasteiger partial charge in [0.2, 0.25) is 5.82 Å². The molecule has 0 aliphatic rings. The van der Waals surface area contributed by atoms with Crippen molar-refractivity contribution in [3.63, 3.8) is 0 Å². The number of aliphatic carboxylic acids is 2. The molecule has 0 bridgehead atoms. The zero-order chi connectivity index (χ0) is 14.4. The summed E-state index contributed by atoms with van der Waals surface area (Å²) in [6.45, 7) is 0. The van der Waals surface area contributed by atoms with Crippen molar-refractivity contribution in [3.8, 4) is 0 Å². The van der Waals surface area contributed by atoms with E-state index in [0.29, 0.717) is 0 Å². The van der Waals surface area contributed by atoms with Crippen molar-refractivity contribution in [2.24, 2.45) is 0 Å². The molecule has 0 aliphatic carbocycles. The molecule has 0 radical (unpaired) electrons. The summed E-state index contributed by atoms with van der Waals surface area (Å²) in [5.74, 6) is -2.66. The lowest BCUT2D eigenvalue weighted by Crippen LogP contribution is -2.30. The maximum atomic E-state index is 10.9. The molecular formula is C10H11N3O6. The van der Waals surface area contributed by atoms with E-state index in [1.54, 1.807) is 0 Å². The Kier molecular flexibility index (Phi) is 4.75. The van der Waals surface area contributed by atoms with Crippen molar-refractivity contribution in [3.05, 3.63) is 28.4 Å². The molecule has 1 aromatic heterocycles. The Morgan fingerprint density at radius 1 is 1.47 bits per heavy atom. The smallest absolute Gasteiger partial charge is 0.326 e. The van der Waals surface area contributed by atoms with Crippen LogP contribution in [-0.2, 0) is 9.59 Å². The number of pyridine rings is 1. The first-order chi connectivity index (χ1) is 8.91. The molecule has 0 amide bonds. The summed E-state index contributed by atoms with van der Waals surface area (Å²) in [6.07, 6.45) is 0.689. The Morgan fingerprint density at radius 3 is 2.68 bits per heavy atom. The van der Waals surface area contributed by atoms with Gasteiger partial charge in [0.1, 0.15) is 6.04 Å². The number of nitro groups is 1. The van der Waals surface area contributed by atoms with E-state index in [-0.39, 0.29) is 24.3 Å². The van der Waals surface area contributed by atoms with Crippen LogP contribution in [0.2, 0.25) is 0 Å². The van der Waals surface area contributed by atoms with Gasteiger partial charge < -0.3 is 15.5 Å². The summed E-state index contributed by atoms with van der Waals surface area (Å²) in [4.78, 5) is 35.1. The summed E-state index contributed by atoms with van der Waals surface area (Å²) in [6, 6.07) is 1.26. The molecule has 1 aromatic rings. The van der Waals surface area contributed by atoms with Gasteiger partial charge in [0.25, 0.3) is 0 Å². The van der Waals surface area contributed by atoms with E-state index in [4.69, 9.17) is 10.2 Å². The summed E-state index contributed by atoms with van der Waals surface area (Å²) >= 11 is 0. The molecule has 1 atom stereocenters. The molecule has 3 N–H and O–H groups in total. The Labute approximate surface area is 107 Å². The van der Waals surface area contributed by atoms with Gasteiger partial charge in [0, 0.05) is 18.7 Å². The quantitative estimate of drug-likeness (QED) is 0.485. The predicted octanol–water partition coefficient (Wildman–Crippen LogP) is 0.720. The van der Waals surface area contributed by atoms with Gasteiger partial charge >= 0.3 is 17.6 Å². The molecule has 0 saturated heterocycles. The van der Waals surface area contributed by atoms with E-state index in [9.17, 15) is 19.7 Å². The molecule has 1 rings (SSSR count). The van der Waals surface area contributed by atoms with Gasteiger partial charge in [-0.05, 0) is 12.5 Å². The van der Waals surface area contributed by atoms with Gasteiger partial charge in [-0.1, -0.05) is 0 Å². The number of nitrogens with one attached hydrogen (secondary N) is 1. The van der Waals surface area contributed by atoms with Crippen LogP contribution < -0.4 is 5.32 Å². The minimum atomic E-state index is -1.30. The van der Waals surface area contributed by atoms with Crippen LogP contribution in [0.5, 0.6) is 0 Å². The fraction of sp³-hybridized carbons (Fsp3) is 0.300. The number of carboxylic acids is 2. The molecule has 0 aliphatic heterocycles. The van der Waals surface area contributed by atoms with Crippen molar-refractivity contribution in [2.75, 3.05) is 5.32 Å². The summed E-state index contributed by atoms with van der Waals surface area (Å²) in [5.41, 5.74) is -0.371. The number of aromatic nitrogens is 1. The number of carboxylic acid groups (broad SMARTS) is 2. The van der Waals surface area contributed by atoms with Crippen LogP contribution in [0, 0.1) is 10.1 Å². The number of hydrogen-bond acceptors (Lipinski definition) is 6. The molecule has 1 unspecified atom stereocenters. The van der Waals surface area contributed by atoms with Gasteiger partial charge in [0.05, 0.1) is 4.92 Å². The highest BCUT2D eigenvalue weighted by atomic mass is 16.6. The van der Waals surface area contributed by atoms with Crippen LogP contribution in [0.25, 0.3) is 0 Å². The average Bonchev–Trinajstić information content (AvgIpc) is 2.34. The zero-order valence-electron chi connectivity index (χ0n) is 9.65. The number of nitrogens with zero attached hydrogens (tertiary/aromatic N) is 2. The molecule has 9 nitrogen and oxygen atoms in total. The standard InChI is InChI=1S/C10H11N3O6/c14-8(15)4-3-6(10(16)17)12-9-7(13(18)19)2-1-5-11-9/h1-2,5-6H,3-4H2,(H,11,12)(H,14,15)(H,16,17). The summed E-state index contributed by atoms with van der Waals surface area (Å²) in [7, 11) is 0. The van der Waals surface area contributed by atoms with Crippen molar-refractivity contribution in [1.29, 1.82) is 0 Å². The fourth-order valence-electron chi connectivity index (χ4n) is 1.35. The van der Waals surface area contributed by atoms with E-state index in [0.717, 1.165) is 0 Å². The van der Waals surface area contributed by atoms with Crippen molar-refractivity contribution >= 4 is 23.4 Å². The highest BCUT2D eigenvalue weighted by molar-refractivity contribution is 5.79. The normalized spacial score (nSPS) is 11.6. The second-order valence-electron chi connectivity index (χ2n) is 3.60. The van der Waals surface area contributed by atoms with Crippen molar-refractivity contribution in [1.82, 2.24) is 4.98 Å². The maximum absolute atomic E-state index is 10.9. The summed E-state index contributed by atoms with van der Waals surface area (Å²) < 4.78 is 0. The van der Waals surface area contributed by atoms with Crippen molar-refractivity contribution in [2.45, 2.75) is 18.9 Å². The fourth-order valence-corrected chi connectivity index (χ4v) is 1.35. The first-order valence-electron chi connectivity index (χ1n) is 5.22. The molecule has 9 heteroatoms. The molecular weight excluding hydrogens is 258 g/mol. The average molecular weight is 269 g/mol. The highest BCUT2D eigenvalue weighted by Crippen LogP contribution is 2.21. The minimum Gasteiger partial charge on any atom is -0.481 e. The Bertz CT molecular complexity index is 504. The van der Waals surface area contributed by atoms with Crippen molar-refractivity contribution < 1.29 is 24.7 Å². The van der Waals surface area contributed by atoms with Gasteiger partial charge in [0.15, 0.2) is 0 Å².